The Kier molecular flexibility index (Phi) is 12.9. The van der Waals surface area contributed by atoms with Crippen LogP contribution < -0.4 is 0 Å². The van der Waals surface area contributed by atoms with E-state index in [9.17, 15) is 5.11 Å². The van der Waals surface area contributed by atoms with E-state index in [0.29, 0.717) is 0 Å². The summed E-state index contributed by atoms with van der Waals surface area (Å²) in [5, 5.41) is 9.88. The van der Waals surface area contributed by atoms with Crippen LogP contribution >= 0.6 is 0 Å². The minimum Gasteiger partial charge on any atom is -0.390 e. The van der Waals surface area contributed by atoms with Crippen LogP contribution in [0, 0.1) is 0 Å². The first-order valence-electron chi connectivity index (χ1n) is 8.84. The fourth-order valence-corrected chi connectivity index (χ4v) is 2.52. The summed E-state index contributed by atoms with van der Waals surface area (Å²) < 4.78 is 0. The summed E-state index contributed by atoms with van der Waals surface area (Å²) >= 11 is 0. The van der Waals surface area contributed by atoms with Gasteiger partial charge in [-0.1, -0.05) is 90.9 Å². The summed E-state index contributed by atoms with van der Waals surface area (Å²) in [6.45, 7) is 6.31. The van der Waals surface area contributed by atoms with Crippen LogP contribution in [0.2, 0.25) is 0 Å². The molecule has 0 bridgehead atoms. The van der Waals surface area contributed by atoms with Crippen molar-refractivity contribution in [3.63, 3.8) is 0 Å². The Labute approximate surface area is 122 Å². The lowest BCUT2D eigenvalue weighted by atomic mass is 9.95. The molecule has 1 heteroatoms. The molecule has 0 saturated carbocycles. The fourth-order valence-electron chi connectivity index (χ4n) is 2.52. The molecule has 116 valence electrons. The zero-order chi connectivity index (χ0) is 14.4. The van der Waals surface area contributed by atoms with Gasteiger partial charge in [0.15, 0.2) is 0 Å². The first-order chi connectivity index (χ1) is 9.12. The smallest absolute Gasteiger partial charge is 0.0617 e. The molecule has 1 unspecified atom stereocenters. The molecule has 0 aromatic rings. The summed E-state index contributed by atoms with van der Waals surface area (Å²) in [6, 6.07) is 0. The molecule has 0 aromatic heterocycles. The maximum absolute atomic E-state index is 9.88. The highest BCUT2D eigenvalue weighted by molar-refractivity contribution is 4.69. The standard InChI is InChI=1S/C18H38O/c1-4-6-7-8-9-10-11-12-13-14-15-16-17-18(3,19)5-2/h19H,4-17H2,1-3H3. The van der Waals surface area contributed by atoms with Crippen molar-refractivity contribution < 1.29 is 5.11 Å². The Bertz CT molecular complexity index is 175. The Hall–Kier alpha value is -0.0400. The number of aliphatic hydroxyl groups is 1. The molecular weight excluding hydrogens is 232 g/mol. The third kappa shape index (κ3) is 14.2. The van der Waals surface area contributed by atoms with Crippen LogP contribution in [-0.2, 0) is 0 Å². The van der Waals surface area contributed by atoms with Crippen molar-refractivity contribution in [3.05, 3.63) is 0 Å². The van der Waals surface area contributed by atoms with Gasteiger partial charge >= 0.3 is 0 Å². The number of hydrogen-bond acceptors (Lipinski definition) is 1. The maximum atomic E-state index is 9.88. The van der Waals surface area contributed by atoms with Gasteiger partial charge in [0.2, 0.25) is 0 Å². The Morgan fingerprint density at radius 2 is 1.00 bits per heavy atom. The number of unbranched alkanes of at least 4 members (excludes halogenated alkanes) is 11. The first kappa shape index (κ1) is 19.0. The summed E-state index contributed by atoms with van der Waals surface area (Å²) in [5.41, 5.74) is -0.418. The highest BCUT2D eigenvalue weighted by atomic mass is 16.3. The van der Waals surface area contributed by atoms with Crippen LogP contribution in [-0.4, -0.2) is 10.7 Å². The van der Waals surface area contributed by atoms with Gasteiger partial charge in [0.25, 0.3) is 0 Å². The molecule has 0 aromatic carbocycles. The van der Waals surface area contributed by atoms with E-state index in [1.807, 2.05) is 6.92 Å². The molecule has 0 radical (unpaired) electrons. The molecule has 0 heterocycles. The Morgan fingerprint density at radius 3 is 1.37 bits per heavy atom. The molecule has 0 aliphatic rings. The van der Waals surface area contributed by atoms with Crippen molar-refractivity contribution in [2.45, 2.75) is 116 Å². The van der Waals surface area contributed by atoms with Crippen LogP contribution in [0.1, 0.15) is 111 Å². The Balaban J connectivity index is 3.07. The van der Waals surface area contributed by atoms with Crippen molar-refractivity contribution in [2.24, 2.45) is 0 Å². The van der Waals surface area contributed by atoms with Gasteiger partial charge in [0.05, 0.1) is 5.60 Å². The van der Waals surface area contributed by atoms with E-state index in [2.05, 4.69) is 13.8 Å². The Morgan fingerprint density at radius 1 is 0.632 bits per heavy atom. The normalized spacial score (nSPS) is 14.5. The molecule has 0 amide bonds. The minimum atomic E-state index is -0.418. The first-order valence-corrected chi connectivity index (χ1v) is 8.84. The predicted molar refractivity (Wildman–Crippen MR) is 86.6 cm³/mol. The highest BCUT2D eigenvalue weighted by Crippen LogP contribution is 2.19. The quantitative estimate of drug-likeness (QED) is 0.370. The summed E-state index contributed by atoms with van der Waals surface area (Å²) in [5.74, 6) is 0. The molecule has 19 heavy (non-hydrogen) atoms. The average Bonchev–Trinajstić information content (AvgIpc) is 2.40. The monoisotopic (exact) mass is 270 g/mol. The molecule has 0 aliphatic carbocycles. The molecule has 1 atom stereocenters. The van der Waals surface area contributed by atoms with E-state index in [0.717, 1.165) is 12.8 Å². The van der Waals surface area contributed by atoms with Gasteiger partial charge in [-0.25, -0.2) is 0 Å². The predicted octanol–water partition coefficient (Wildman–Crippen LogP) is 6.24. The van der Waals surface area contributed by atoms with Crippen LogP contribution in [0.15, 0.2) is 0 Å². The van der Waals surface area contributed by atoms with Crippen molar-refractivity contribution in [2.75, 3.05) is 0 Å². The second kappa shape index (κ2) is 13.0. The number of hydrogen-bond donors (Lipinski definition) is 1. The molecule has 1 N–H and O–H groups in total. The second-order valence-electron chi connectivity index (χ2n) is 6.49. The van der Waals surface area contributed by atoms with E-state index in [1.165, 1.54) is 77.0 Å². The number of rotatable bonds is 14. The molecule has 0 rings (SSSR count). The third-order valence-electron chi connectivity index (χ3n) is 4.33. The van der Waals surface area contributed by atoms with Gasteiger partial charge in [-0.05, 0) is 19.8 Å². The SMILES string of the molecule is CCCCCCCCCCCCCCC(C)(O)CC. The van der Waals surface area contributed by atoms with Crippen LogP contribution in [0.4, 0.5) is 0 Å². The van der Waals surface area contributed by atoms with E-state index in [-0.39, 0.29) is 0 Å². The molecule has 0 spiro atoms. The zero-order valence-corrected chi connectivity index (χ0v) is 13.8. The molecule has 1 nitrogen and oxygen atoms in total. The summed E-state index contributed by atoms with van der Waals surface area (Å²) in [4.78, 5) is 0. The van der Waals surface area contributed by atoms with Gasteiger partial charge in [0.1, 0.15) is 0 Å². The second-order valence-corrected chi connectivity index (χ2v) is 6.49. The van der Waals surface area contributed by atoms with Gasteiger partial charge in [-0.2, -0.15) is 0 Å². The van der Waals surface area contributed by atoms with Crippen molar-refractivity contribution in [1.29, 1.82) is 0 Å². The summed E-state index contributed by atoms with van der Waals surface area (Å²) in [7, 11) is 0. The average molecular weight is 271 g/mol. The maximum Gasteiger partial charge on any atom is 0.0617 e. The van der Waals surface area contributed by atoms with Crippen LogP contribution in [0.5, 0.6) is 0 Å². The lowest BCUT2D eigenvalue weighted by Gasteiger charge is -2.20. The van der Waals surface area contributed by atoms with E-state index in [1.54, 1.807) is 0 Å². The third-order valence-corrected chi connectivity index (χ3v) is 4.33. The zero-order valence-electron chi connectivity index (χ0n) is 13.8. The molecule has 0 fully saturated rings. The van der Waals surface area contributed by atoms with E-state index >= 15 is 0 Å². The van der Waals surface area contributed by atoms with Gasteiger partial charge in [-0.3, -0.25) is 0 Å². The lowest BCUT2D eigenvalue weighted by Crippen LogP contribution is -2.22. The molecule has 0 saturated heterocycles. The van der Waals surface area contributed by atoms with Crippen LogP contribution in [0.3, 0.4) is 0 Å². The van der Waals surface area contributed by atoms with Crippen molar-refractivity contribution in [3.8, 4) is 0 Å². The van der Waals surface area contributed by atoms with Crippen molar-refractivity contribution >= 4 is 0 Å². The highest BCUT2D eigenvalue weighted by Gasteiger charge is 2.15. The van der Waals surface area contributed by atoms with E-state index < -0.39 is 5.60 Å². The molecule has 0 aliphatic heterocycles. The minimum absolute atomic E-state index is 0.418. The topological polar surface area (TPSA) is 20.2 Å². The van der Waals surface area contributed by atoms with Gasteiger partial charge < -0.3 is 5.11 Å². The van der Waals surface area contributed by atoms with Crippen molar-refractivity contribution in [1.82, 2.24) is 0 Å². The fraction of sp³-hybridized carbons (Fsp3) is 1.00. The largest absolute Gasteiger partial charge is 0.390 e. The van der Waals surface area contributed by atoms with E-state index in [4.69, 9.17) is 0 Å². The lowest BCUT2D eigenvalue weighted by molar-refractivity contribution is 0.0442. The van der Waals surface area contributed by atoms with Gasteiger partial charge in [-0.15, -0.1) is 0 Å². The molecular formula is C18H38O. The van der Waals surface area contributed by atoms with Gasteiger partial charge in [0, 0.05) is 0 Å². The van der Waals surface area contributed by atoms with Crippen LogP contribution in [0.25, 0.3) is 0 Å². The summed E-state index contributed by atoms with van der Waals surface area (Å²) in [6.07, 6.45) is 18.5.